The molecule has 0 unspecified atom stereocenters. The van der Waals surface area contributed by atoms with E-state index < -0.39 is 0 Å². The van der Waals surface area contributed by atoms with Gasteiger partial charge in [0, 0.05) is 17.3 Å². The molecule has 0 aliphatic carbocycles. The van der Waals surface area contributed by atoms with E-state index in [2.05, 4.69) is 27.9 Å². The summed E-state index contributed by atoms with van der Waals surface area (Å²) in [6, 6.07) is 8.31. The number of benzene rings is 1. The maximum absolute atomic E-state index is 9.47. The fraction of sp³-hybridized carbons (Fsp3) is 0.412. The van der Waals surface area contributed by atoms with Crippen LogP contribution in [0.4, 0.5) is 0 Å². The molecule has 2 aromatic rings. The van der Waals surface area contributed by atoms with Crippen molar-refractivity contribution >= 4 is 0 Å². The average Bonchev–Trinajstić information content (AvgIpc) is 2.98. The number of nitrogens with zero attached hydrogens (tertiary/aromatic N) is 3. The fourth-order valence-electron chi connectivity index (χ4n) is 3.17. The summed E-state index contributed by atoms with van der Waals surface area (Å²) in [6.07, 6.45) is 5.96. The lowest BCUT2D eigenvalue weighted by molar-refractivity contribution is 0.324. The molecular formula is C17H20N4. The lowest BCUT2D eigenvalue weighted by atomic mass is 9.78. The highest BCUT2D eigenvalue weighted by Gasteiger charge is 2.32. The molecule has 0 spiro atoms. The van der Waals surface area contributed by atoms with Crippen LogP contribution in [0.2, 0.25) is 0 Å². The molecule has 1 N–H and O–H groups in total. The summed E-state index contributed by atoms with van der Waals surface area (Å²) in [6.45, 7) is 6.33. The SMILES string of the molecule is Cc1cccc(-n2cncc2C2(C)CCNCC2)c1C#N. The van der Waals surface area contributed by atoms with Gasteiger partial charge in [0.25, 0.3) is 0 Å². The lowest BCUT2D eigenvalue weighted by Gasteiger charge is -2.34. The number of hydrogen-bond donors (Lipinski definition) is 1. The number of aryl methyl sites for hydroxylation is 1. The van der Waals surface area contributed by atoms with Crippen molar-refractivity contribution in [2.45, 2.75) is 32.1 Å². The Morgan fingerprint density at radius 2 is 2.10 bits per heavy atom. The van der Waals surface area contributed by atoms with Crippen LogP contribution < -0.4 is 5.32 Å². The Hall–Kier alpha value is -2.12. The largest absolute Gasteiger partial charge is 0.317 e. The van der Waals surface area contributed by atoms with Crippen molar-refractivity contribution < 1.29 is 0 Å². The Balaban J connectivity index is 2.12. The second kappa shape index (κ2) is 5.34. The Labute approximate surface area is 125 Å². The predicted octanol–water partition coefficient (Wildman–Crippen LogP) is 2.69. The molecule has 0 bridgehead atoms. The van der Waals surface area contributed by atoms with Gasteiger partial charge in [0.05, 0.1) is 17.6 Å². The highest BCUT2D eigenvalue weighted by molar-refractivity contribution is 5.54. The Bertz CT molecular complexity index is 687. The first kappa shape index (κ1) is 13.8. The number of nitriles is 1. The maximum atomic E-state index is 9.47. The first-order valence-electron chi connectivity index (χ1n) is 7.39. The number of nitrogens with one attached hydrogen (secondary N) is 1. The van der Waals surface area contributed by atoms with Crippen LogP contribution >= 0.6 is 0 Å². The van der Waals surface area contributed by atoms with E-state index in [4.69, 9.17) is 0 Å². The molecule has 1 fully saturated rings. The van der Waals surface area contributed by atoms with Crippen LogP contribution in [0.5, 0.6) is 0 Å². The van der Waals surface area contributed by atoms with Crippen LogP contribution in [0, 0.1) is 18.3 Å². The van der Waals surface area contributed by atoms with Gasteiger partial charge >= 0.3 is 0 Å². The summed E-state index contributed by atoms with van der Waals surface area (Å²) in [5.74, 6) is 0. The van der Waals surface area contributed by atoms with Gasteiger partial charge in [0.2, 0.25) is 0 Å². The summed E-state index contributed by atoms with van der Waals surface area (Å²) < 4.78 is 2.09. The minimum atomic E-state index is 0.109. The normalized spacial score (nSPS) is 17.4. The average molecular weight is 280 g/mol. The number of aromatic nitrogens is 2. The lowest BCUT2D eigenvalue weighted by Crippen LogP contribution is -2.38. The quantitative estimate of drug-likeness (QED) is 0.920. The highest BCUT2D eigenvalue weighted by atomic mass is 15.1. The molecule has 0 atom stereocenters. The van der Waals surface area contributed by atoms with E-state index in [9.17, 15) is 5.26 Å². The second-order valence-electron chi connectivity index (χ2n) is 6.04. The minimum absolute atomic E-state index is 0.109. The topological polar surface area (TPSA) is 53.6 Å². The van der Waals surface area contributed by atoms with Gasteiger partial charge in [-0.2, -0.15) is 5.26 Å². The van der Waals surface area contributed by atoms with Crippen molar-refractivity contribution in [3.8, 4) is 11.8 Å². The van der Waals surface area contributed by atoms with E-state index in [1.807, 2.05) is 37.6 Å². The number of hydrogen-bond acceptors (Lipinski definition) is 3. The van der Waals surface area contributed by atoms with Gasteiger partial charge < -0.3 is 9.88 Å². The van der Waals surface area contributed by atoms with Gasteiger partial charge in [0.15, 0.2) is 0 Å². The molecular weight excluding hydrogens is 260 g/mol. The van der Waals surface area contributed by atoms with Gasteiger partial charge in [-0.05, 0) is 44.5 Å². The third kappa shape index (κ3) is 2.34. The molecule has 0 saturated carbocycles. The molecule has 1 saturated heterocycles. The van der Waals surface area contributed by atoms with E-state index >= 15 is 0 Å². The number of piperidine rings is 1. The van der Waals surface area contributed by atoms with Crippen molar-refractivity contribution in [2.24, 2.45) is 0 Å². The molecule has 1 aromatic heterocycles. The van der Waals surface area contributed by atoms with Gasteiger partial charge in [-0.25, -0.2) is 4.98 Å². The van der Waals surface area contributed by atoms with E-state index in [0.29, 0.717) is 0 Å². The Morgan fingerprint density at radius 3 is 2.81 bits per heavy atom. The first-order valence-corrected chi connectivity index (χ1v) is 7.39. The van der Waals surface area contributed by atoms with Crippen LogP contribution in [0.1, 0.15) is 36.6 Å². The molecule has 1 aromatic carbocycles. The summed E-state index contributed by atoms with van der Waals surface area (Å²) in [5.41, 5.74) is 3.98. The molecule has 108 valence electrons. The van der Waals surface area contributed by atoms with E-state index in [0.717, 1.165) is 42.7 Å². The third-order valence-electron chi connectivity index (χ3n) is 4.59. The van der Waals surface area contributed by atoms with Crippen LogP contribution in [-0.4, -0.2) is 22.6 Å². The Morgan fingerprint density at radius 1 is 1.33 bits per heavy atom. The van der Waals surface area contributed by atoms with Crippen molar-refractivity contribution in [1.29, 1.82) is 5.26 Å². The van der Waals surface area contributed by atoms with Crippen LogP contribution in [0.25, 0.3) is 5.69 Å². The number of rotatable bonds is 2. The molecule has 0 radical (unpaired) electrons. The zero-order valence-electron chi connectivity index (χ0n) is 12.6. The standard InChI is InChI=1S/C17H20N4/c1-13-4-3-5-15(14(13)10-18)21-12-20-11-16(21)17(2)6-8-19-9-7-17/h3-5,11-12,19H,6-9H2,1-2H3. The highest BCUT2D eigenvalue weighted by Crippen LogP contribution is 2.34. The summed E-state index contributed by atoms with van der Waals surface area (Å²) in [7, 11) is 0. The van der Waals surface area contributed by atoms with Crippen LogP contribution in [0.3, 0.4) is 0 Å². The van der Waals surface area contributed by atoms with E-state index in [1.165, 1.54) is 5.69 Å². The van der Waals surface area contributed by atoms with E-state index in [1.54, 1.807) is 0 Å². The van der Waals surface area contributed by atoms with Gasteiger partial charge in [-0.1, -0.05) is 19.1 Å². The summed E-state index contributed by atoms with van der Waals surface area (Å²) in [4.78, 5) is 4.36. The molecule has 0 amide bonds. The first-order chi connectivity index (χ1) is 10.2. The molecule has 3 rings (SSSR count). The summed E-state index contributed by atoms with van der Waals surface area (Å²) in [5, 5.41) is 12.9. The second-order valence-corrected chi connectivity index (χ2v) is 6.04. The zero-order chi connectivity index (χ0) is 14.9. The zero-order valence-corrected chi connectivity index (χ0v) is 12.6. The molecule has 4 nitrogen and oxygen atoms in total. The Kier molecular flexibility index (Phi) is 3.52. The van der Waals surface area contributed by atoms with Crippen molar-refractivity contribution in [3.63, 3.8) is 0 Å². The summed E-state index contributed by atoms with van der Waals surface area (Å²) >= 11 is 0. The minimum Gasteiger partial charge on any atom is -0.317 e. The van der Waals surface area contributed by atoms with Crippen molar-refractivity contribution in [3.05, 3.63) is 47.5 Å². The molecule has 4 heteroatoms. The number of imidazole rings is 1. The maximum Gasteiger partial charge on any atom is 0.102 e. The molecule has 1 aliphatic heterocycles. The van der Waals surface area contributed by atoms with Gasteiger partial charge in [0.1, 0.15) is 6.07 Å². The van der Waals surface area contributed by atoms with E-state index in [-0.39, 0.29) is 5.41 Å². The van der Waals surface area contributed by atoms with Gasteiger partial charge in [-0.3, -0.25) is 0 Å². The van der Waals surface area contributed by atoms with Crippen molar-refractivity contribution in [1.82, 2.24) is 14.9 Å². The van der Waals surface area contributed by atoms with Crippen molar-refractivity contribution in [2.75, 3.05) is 13.1 Å². The van der Waals surface area contributed by atoms with Crippen LogP contribution in [0.15, 0.2) is 30.7 Å². The monoisotopic (exact) mass is 280 g/mol. The molecule has 2 heterocycles. The fourth-order valence-corrected chi connectivity index (χ4v) is 3.17. The molecule has 1 aliphatic rings. The third-order valence-corrected chi connectivity index (χ3v) is 4.59. The predicted molar refractivity (Wildman–Crippen MR) is 82.5 cm³/mol. The van der Waals surface area contributed by atoms with Gasteiger partial charge in [-0.15, -0.1) is 0 Å². The smallest absolute Gasteiger partial charge is 0.102 e. The molecule has 21 heavy (non-hydrogen) atoms. The van der Waals surface area contributed by atoms with Crippen LogP contribution in [-0.2, 0) is 5.41 Å².